The summed E-state index contributed by atoms with van der Waals surface area (Å²) in [7, 11) is 0. The van der Waals surface area contributed by atoms with Gasteiger partial charge in [0.2, 0.25) is 5.91 Å². The maximum absolute atomic E-state index is 12.5. The van der Waals surface area contributed by atoms with E-state index < -0.39 is 5.60 Å². The predicted molar refractivity (Wildman–Crippen MR) is 81.0 cm³/mol. The third-order valence-corrected chi connectivity index (χ3v) is 4.68. The summed E-state index contributed by atoms with van der Waals surface area (Å²) in [5.74, 6) is 0.0930. The number of hydrogen-bond acceptors (Lipinski definition) is 3. The number of anilines is 1. The highest BCUT2D eigenvalue weighted by Crippen LogP contribution is 2.38. The Labute approximate surface area is 122 Å². The molecule has 0 radical (unpaired) electrons. The van der Waals surface area contributed by atoms with Crippen LogP contribution in [0, 0.1) is 0 Å². The Morgan fingerprint density at radius 1 is 1.35 bits per heavy atom. The zero-order chi connectivity index (χ0) is 14.2. The van der Waals surface area contributed by atoms with Crippen LogP contribution in [-0.2, 0) is 16.8 Å². The van der Waals surface area contributed by atoms with Crippen LogP contribution in [-0.4, -0.2) is 17.6 Å². The van der Waals surface area contributed by atoms with Gasteiger partial charge in [0, 0.05) is 22.7 Å². The quantitative estimate of drug-likeness (QED) is 0.922. The van der Waals surface area contributed by atoms with Gasteiger partial charge in [-0.15, -0.1) is 11.3 Å². The van der Waals surface area contributed by atoms with Crippen molar-refractivity contribution in [1.82, 2.24) is 0 Å². The summed E-state index contributed by atoms with van der Waals surface area (Å²) < 4.78 is 0. The Bertz CT molecular complexity index is 619. The average Bonchev–Trinajstić information content (AvgIpc) is 2.92. The van der Waals surface area contributed by atoms with Crippen molar-refractivity contribution in [2.45, 2.75) is 25.4 Å². The molecule has 1 aliphatic rings. The standard InChI is InChI=1S/C16H17NO2S/c1-16(19)8-9-17(14-7-3-2-6-13(14)16)15(18)11-12-5-4-10-20-12/h2-7,10,19H,8-9,11H2,1H3. The molecule has 4 heteroatoms. The molecule has 0 fully saturated rings. The summed E-state index contributed by atoms with van der Waals surface area (Å²) in [6.07, 6.45) is 0.994. The molecule has 1 aliphatic heterocycles. The van der Waals surface area contributed by atoms with Gasteiger partial charge in [-0.2, -0.15) is 0 Å². The van der Waals surface area contributed by atoms with Gasteiger partial charge in [0.1, 0.15) is 0 Å². The van der Waals surface area contributed by atoms with E-state index in [4.69, 9.17) is 0 Å². The molecule has 0 spiro atoms. The molecule has 1 amide bonds. The number of fused-ring (bicyclic) bond motifs is 1. The van der Waals surface area contributed by atoms with Crippen molar-refractivity contribution in [3.63, 3.8) is 0 Å². The van der Waals surface area contributed by atoms with Crippen LogP contribution in [0.4, 0.5) is 5.69 Å². The Balaban J connectivity index is 1.90. The van der Waals surface area contributed by atoms with E-state index in [1.54, 1.807) is 16.2 Å². The molecule has 1 unspecified atom stereocenters. The highest BCUT2D eigenvalue weighted by molar-refractivity contribution is 7.10. The summed E-state index contributed by atoms with van der Waals surface area (Å²) in [5, 5.41) is 12.4. The maximum atomic E-state index is 12.5. The minimum Gasteiger partial charge on any atom is -0.385 e. The fourth-order valence-electron chi connectivity index (χ4n) is 2.67. The van der Waals surface area contributed by atoms with E-state index in [0.29, 0.717) is 19.4 Å². The number of thiophene rings is 1. The SMILES string of the molecule is CC1(O)CCN(C(=O)Cc2cccs2)c2ccccc21. The Morgan fingerprint density at radius 2 is 2.15 bits per heavy atom. The highest BCUT2D eigenvalue weighted by Gasteiger charge is 2.34. The average molecular weight is 287 g/mol. The number of benzene rings is 1. The summed E-state index contributed by atoms with van der Waals surface area (Å²) in [4.78, 5) is 15.4. The zero-order valence-electron chi connectivity index (χ0n) is 11.4. The fraction of sp³-hybridized carbons (Fsp3) is 0.312. The van der Waals surface area contributed by atoms with Crippen molar-refractivity contribution in [3.05, 3.63) is 52.2 Å². The number of nitrogens with zero attached hydrogens (tertiary/aromatic N) is 1. The van der Waals surface area contributed by atoms with E-state index in [2.05, 4.69) is 0 Å². The van der Waals surface area contributed by atoms with Crippen LogP contribution in [0.25, 0.3) is 0 Å². The number of rotatable bonds is 2. The molecule has 104 valence electrons. The van der Waals surface area contributed by atoms with Crippen LogP contribution in [0.3, 0.4) is 0 Å². The highest BCUT2D eigenvalue weighted by atomic mass is 32.1. The third-order valence-electron chi connectivity index (χ3n) is 3.80. The van der Waals surface area contributed by atoms with Gasteiger partial charge in [-0.05, 0) is 30.9 Å². The van der Waals surface area contributed by atoms with Gasteiger partial charge in [-0.3, -0.25) is 4.79 Å². The number of hydrogen-bond donors (Lipinski definition) is 1. The molecule has 1 aromatic carbocycles. The lowest BCUT2D eigenvalue weighted by atomic mass is 9.87. The molecule has 1 N–H and O–H groups in total. The molecule has 1 atom stereocenters. The van der Waals surface area contributed by atoms with Crippen LogP contribution in [0.15, 0.2) is 41.8 Å². The summed E-state index contributed by atoms with van der Waals surface area (Å²) in [6, 6.07) is 11.6. The summed E-state index contributed by atoms with van der Waals surface area (Å²) >= 11 is 1.60. The van der Waals surface area contributed by atoms with Crippen molar-refractivity contribution in [1.29, 1.82) is 0 Å². The molecular formula is C16H17NO2S. The van der Waals surface area contributed by atoms with Crippen LogP contribution in [0.5, 0.6) is 0 Å². The van der Waals surface area contributed by atoms with Gasteiger partial charge in [0.15, 0.2) is 0 Å². The molecule has 3 nitrogen and oxygen atoms in total. The number of aliphatic hydroxyl groups is 1. The van der Waals surface area contributed by atoms with E-state index in [1.165, 1.54) is 0 Å². The Hall–Kier alpha value is -1.65. The molecule has 1 aromatic heterocycles. The van der Waals surface area contributed by atoms with Crippen molar-refractivity contribution >= 4 is 22.9 Å². The van der Waals surface area contributed by atoms with E-state index in [9.17, 15) is 9.90 Å². The first-order valence-corrected chi connectivity index (χ1v) is 7.60. The monoisotopic (exact) mass is 287 g/mol. The Kier molecular flexibility index (Phi) is 3.36. The molecule has 0 bridgehead atoms. The molecule has 0 saturated carbocycles. The van der Waals surface area contributed by atoms with Gasteiger partial charge in [-0.1, -0.05) is 24.3 Å². The Morgan fingerprint density at radius 3 is 2.90 bits per heavy atom. The van der Waals surface area contributed by atoms with Crippen molar-refractivity contribution in [2.24, 2.45) is 0 Å². The first kappa shape index (κ1) is 13.3. The van der Waals surface area contributed by atoms with Crippen molar-refractivity contribution in [2.75, 3.05) is 11.4 Å². The maximum Gasteiger partial charge on any atom is 0.232 e. The van der Waals surface area contributed by atoms with E-state index in [-0.39, 0.29) is 5.91 Å². The lowest BCUT2D eigenvalue weighted by molar-refractivity contribution is -0.118. The number of carbonyl (C=O) groups excluding carboxylic acids is 1. The minimum absolute atomic E-state index is 0.0930. The van der Waals surface area contributed by atoms with Gasteiger partial charge < -0.3 is 10.0 Å². The van der Waals surface area contributed by atoms with Gasteiger partial charge in [-0.25, -0.2) is 0 Å². The molecule has 3 rings (SSSR count). The van der Waals surface area contributed by atoms with Crippen LogP contribution >= 0.6 is 11.3 Å². The van der Waals surface area contributed by atoms with E-state index >= 15 is 0 Å². The first-order chi connectivity index (χ1) is 9.58. The molecule has 2 heterocycles. The predicted octanol–water partition coefficient (Wildman–Crippen LogP) is 2.94. The van der Waals surface area contributed by atoms with Crippen LogP contribution in [0.1, 0.15) is 23.8 Å². The zero-order valence-corrected chi connectivity index (χ0v) is 12.2. The number of amides is 1. The summed E-state index contributed by atoms with van der Waals surface area (Å²) in [6.45, 7) is 2.38. The van der Waals surface area contributed by atoms with E-state index in [1.807, 2.05) is 48.7 Å². The normalized spacial score (nSPS) is 21.6. The lowest BCUT2D eigenvalue weighted by Crippen LogP contribution is -2.42. The molecule has 0 saturated heterocycles. The second kappa shape index (κ2) is 5.04. The molecule has 0 aliphatic carbocycles. The number of carbonyl (C=O) groups is 1. The lowest BCUT2D eigenvalue weighted by Gasteiger charge is -2.38. The first-order valence-electron chi connectivity index (χ1n) is 6.72. The molecule has 20 heavy (non-hydrogen) atoms. The smallest absolute Gasteiger partial charge is 0.232 e. The molecular weight excluding hydrogens is 270 g/mol. The largest absolute Gasteiger partial charge is 0.385 e. The third kappa shape index (κ3) is 2.37. The summed E-state index contributed by atoms with van der Waals surface area (Å²) in [5.41, 5.74) is 0.826. The van der Waals surface area contributed by atoms with Crippen molar-refractivity contribution < 1.29 is 9.90 Å². The second-order valence-corrected chi connectivity index (χ2v) is 6.37. The van der Waals surface area contributed by atoms with Gasteiger partial charge in [0.05, 0.1) is 12.0 Å². The topological polar surface area (TPSA) is 40.5 Å². The minimum atomic E-state index is -0.851. The second-order valence-electron chi connectivity index (χ2n) is 5.34. The van der Waals surface area contributed by atoms with E-state index in [0.717, 1.165) is 16.1 Å². The number of para-hydroxylation sites is 1. The molecule has 2 aromatic rings. The van der Waals surface area contributed by atoms with Crippen molar-refractivity contribution in [3.8, 4) is 0 Å². The van der Waals surface area contributed by atoms with Gasteiger partial charge in [0.25, 0.3) is 0 Å². The fourth-order valence-corrected chi connectivity index (χ4v) is 3.36. The van der Waals surface area contributed by atoms with Crippen LogP contribution in [0.2, 0.25) is 0 Å². The van der Waals surface area contributed by atoms with Gasteiger partial charge >= 0.3 is 0 Å². The van der Waals surface area contributed by atoms with Crippen LogP contribution < -0.4 is 4.90 Å².